The van der Waals surface area contributed by atoms with E-state index in [0.29, 0.717) is 13.1 Å². The lowest BCUT2D eigenvalue weighted by Crippen LogP contribution is -2.43. The van der Waals surface area contributed by atoms with Gasteiger partial charge in [-0.1, -0.05) is 23.5 Å². The number of fused-ring (bicyclic) bond motifs is 1. The Bertz CT molecular complexity index is 1230. The van der Waals surface area contributed by atoms with E-state index in [9.17, 15) is 4.79 Å². The molecule has 0 radical (unpaired) electrons. The van der Waals surface area contributed by atoms with Crippen LogP contribution in [0.4, 0.5) is 5.13 Å². The topological polar surface area (TPSA) is 81.0 Å². The Balaban J connectivity index is 1.22. The van der Waals surface area contributed by atoms with Gasteiger partial charge in [-0.2, -0.15) is 0 Å². The second-order valence-corrected chi connectivity index (χ2v) is 9.25. The van der Waals surface area contributed by atoms with Crippen molar-refractivity contribution in [3.8, 4) is 22.8 Å². The Morgan fingerprint density at radius 2 is 1.79 bits per heavy atom. The number of hydrogen-bond acceptors (Lipinski definition) is 7. The number of benzene rings is 2. The maximum atomic E-state index is 12.8. The average molecular weight is 478 g/mol. The zero-order valence-corrected chi connectivity index (χ0v) is 20.0. The van der Waals surface area contributed by atoms with Crippen LogP contribution in [-0.2, 0) is 11.3 Å². The lowest BCUT2D eigenvalue weighted by Gasteiger charge is -2.31. The molecule has 34 heavy (non-hydrogen) atoms. The number of amides is 1. The van der Waals surface area contributed by atoms with Crippen molar-refractivity contribution in [3.05, 3.63) is 60.3 Å². The highest BCUT2D eigenvalue weighted by Crippen LogP contribution is 2.30. The maximum Gasteiger partial charge on any atom is 0.225 e. The van der Waals surface area contributed by atoms with Crippen molar-refractivity contribution in [2.24, 2.45) is 5.92 Å². The fourth-order valence-electron chi connectivity index (χ4n) is 4.16. The number of imidazole rings is 1. The van der Waals surface area contributed by atoms with Crippen LogP contribution >= 0.6 is 11.3 Å². The van der Waals surface area contributed by atoms with Gasteiger partial charge in [-0.05, 0) is 54.8 Å². The van der Waals surface area contributed by atoms with Gasteiger partial charge < -0.3 is 19.7 Å². The minimum Gasteiger partial charge on any atom is -0.497 e. The Morgan fingerprint density at radius 1 is 1.09 bits per heavy atom. The molecule has 4 aromatic rings. The van der Waals surface area contributed by atoms with Gasteiger partial charge in [0.1, 0.15) is 11.5 Å². The van der Waals surface area contributed by atoms with E-state index in [2.05, 4.69) is 10.2 Å². The highest BCUT2D eigenvalue weighted by atomic mass is 32.1. The summed E-state index contributed by atoms with van der Waals surface area (Å²) in [7, 11) is 3.30. The van der Waals surface area contributed by atoms with Gasteiger partial charge in [0, 0.05) is 25.2 Å². The van der Waals surface area contributed by atoms with Crippen LogP contribution in [0, 0.1) is 5.92 Å². The van der Waals surface area contributed by atoms with Crippen LogP contribution < -0.4 is 19.7 Å². The molecule has 2 aromatic heterocycles. The third-order valence-electron chi connectivity index (χ3n) is 6.11. The minimum atomic E-state index is -0.0573. The summed E-state index contributed by atoms with van der Waals surface area (Å²) in [6.07, 6.45) is 3.79. The van der Waals surface area contributed by atoms with Crippen LogP contribution in [0.2, 0.25) is 0 Å². The van der Waals surface area contributed by atoms with Crippen LogP contribution in [0.1, 0.15) is 18.4 Å². The molecule has 3 heterocycles. The maximum absolute atomic E-state index is 12.8. The first-order valence-electron chi connectivity index (χ1n) is 11.3. The molecule has 1 aliphatic heterocycles. The third kappa shape index (κ3) is 4.70. The molecular weight excluding hydrogens is 450 g/mol. The molecule has 1 saturated heterocycles. The number of anilines is 1. The Morgan fingerprint density at radius 3 is 2.47 bits per heavy atom. The second-order valence-electron chi connectivity index (χ2n) is 8.32. The molecule has 176 valence electrons. The van der Waals surface area contributed by atoms with Crippen LogP contribution in [0.5, 0.6) is 11.5 Å². The number of methoxy groups -OCH3 is 2. The molecule has 1 N–H and O–H groups in total. The van der Waals surface area contributed by atoms with E-state index in [1.807, 2.05) is 59.2 Å². The minimum absolute atomic E-state index is 0.0573. The summed E-state index contributed by atoms with van der Waals surface area (Å²) in [5.74, 6) is 1.66. The zero-order chi connectivity index (χ0) is 23.5. The largest absolute Gasteiger partial charge is 0.497 e. The predicted molar refractivity (Wildman–Crippen MR) is 133 cm³/mol. The average Bonchev–Trinajstić information content (AvgIpc) is 3.47. The number of hydrogen-bond donors (Lipinski definition) is 1. The van der Waals surface area contributed by atoms with Gasteiger partial charge in [-0.25, -0.2) is 9.50 Å². The number of piperidine rings is 1. The van der Waals surface area contributed by atoms with E-state index < -0.39 is 0 Å². The van der Waals surface area contributed by atoms with Gasteiger partial charge in [0.2, 0.25) is 16.0 Å². The van der Waals surface area contributed by atoms with Crippen LogP contribution in [0.15, 0.2) is 54.7 Å². The summed E-state index contributed by atoms with van der Waals surface area (Å²) >= 11 is 1.55. The monoisotopic (exact) mass is 477 g/mol. The van der Waals surface area contributed by atoms with Crippen molar-refractivity contribution < 1.29 is 14.3 Å². The zero-order valence-electron chi connectivity index (χ0n) is 19.2. The molecule has 2 aromatic carbocycles. The summed E-state index contributed by atoms with van der Waals surface area (Å²) in [6, 6.07) is 15.6. The van der Waals surface area contributed by atoms with Crippen molar-refractivity contribution in [2.75, 3.05) is 32.2 Å². The Hall–Kier alpha value is -3.59. The number of ether oxygens (including phenoxy) is 2. The second kappa shape index (κ2) is 9.72. The quantitative estimate of drug-likeness (QED) is 0.433. The lowest BCUT2D eigenvalue weighted by atomic mass is 9.97. The fourth-order valence-corrected chi connectivity index (χ4v) is 5.08. The number of carbonyl (C=O) groups is 1. The van der Waals surface area contributed by atoms with Crippen LogP contribution in [0.3, 0.4) is 0 Å². The van der Waals surface area contributed by atoms with Crippen molar-refractivity contribution >= 4 is 27.3 Å². The van der Waals surface area contributed by atoms with Crippen molar-refractivity contribution in [1.29, 1.82) is 0 Å². The van der Waals surface area contributed by atoms with Gasteiger partial charge in [0.15, 0.2) is 0 Å². The number of nitrogens with one attached hydrogen (secondary N) is 1. The van der Waals surface area contributed by atoms with E-state index in [1.54, 1.807) is 25.6 Å². The standard InChI is InChI=1S/C25H27N5O3S/c1-32-20-9-5-17(6-10-20)14-26-23(31)19-4-3-13-29(15-19)25-28-30-16-22(27-24(30)34-25)18-7-11-21(33-2)12-8-18/h5-12,16,19H,3-4,13-15H2,1-2H3,(H,26,31)/t19-/m1/s1. The number of carbonyl (C=O) groups excluding carboxylic acids is 1. The highest BCUT2D eigenvalue weighted by molar-refractivity contribution is 7.20. The van der Waals surface area contributed by atoms with E-state index in [-0.39, 0.29) is 11.8 Å². The molecule has 0 bridgehead atoms. The SMILES string of the molecule is COc1ccc(CNC(=O)[C@@H]2CCCN(c3nn4cc(-c5ccc(OC)cc5)nc4s3)C2)cc1. The first kappa shape index (κ1) is 22.2. The van der Waals surface area contributed by atoms with E-state index >= 15 is 0 Å². The van der Waals surface area contributed by atoms with Gasteiger partial charge in [0.25, 0.3) is 0 Å². The number of rotatable bonds is 7. The molecule has 8 nitrogen and oxygen atoms in total. The van der Waals surface area contributed by atoms with Crippen molar-refractivity contribution in [3.63, 3.8) is 0 Å². The van der Waals surface area contributed by atoms with E-state index in [0.717, 1.165) is 57.8 Å². The van der Waals surface area contributed by atoms with E-state index in [4.69, 9.17) is 19.6 Å². The van der Waals surface area contributed by atoms with Crippen LogP contribution in [-0.4, -0.2) is 47.8 Å². The van der Waals surface area contributed by atoms with Crippen molar-refractivity contribution in [2.45, 2.75) is 19.4 Å². The van der Waals surface area contributed by atoms with Gasteiger partial charge in [0.05, 0.1) is 32.0 Å². The molecule has 0 unspecified atom stereocenters. The predicted octanol–water partition coefficient (Wildman–Crippen LogP) is 4.01. The summed E-state index contributed by atoms with van der Waals surface area (Å²) in [6.45, 7) is 2.07. The fraction of sp³-hybridized carbons (Fsp3) is 0.320. The summed E-state index contributed by atoms with van der Waals surface area (Å²) in [5, 5.41) is 8.73. The molecular formula is C25H27N5O3S. The van der Waals surface area contributed by atoms with Gasteiger partial charge in [-0.3, -0.25) is 4.79 Å². The first-order valence-corrected chi connectivity index (χ1v) is 12.1. The molecule has 5 rings (SSSR count). The highest BCUT2D eigenvalue weighted by Gasteiger charge is 2.28. The summed E-state index contributed by atoms with van der Waals surface area (Å²) < 4.78 is 12.2. The lowest BCUT2D eigenvalue weighted by molar-refractivity contribution is -0.125. The Labute approximate surface area is 202 Å². The molecule has 9 heteroatoms. The number of aromatic nitrogens is 3. The van der Waals surface area contributed by atoms with Gasteiger partial charge in [-0.15, -0.1) is 5.10 Å². The van der Waals surface area contributed by atoms with Gasteiger partial charge >= 0.3 is 0 Å². The molecule has 1 fully saturated rings. The normalized spacial score (nSPS) is 15.9. The molecule has 0 saturated carbocycles. The summed E-state index contributed by atoms with van der Waals surface area (Å²) in [4.78, 5) is 20.6. The summed E-state index contributed by atoms with van der Waals surface area (Å²) in [5.41, 5.74) is 2.95. The molecule has 1 aliphatic rings. The van der Waals surface area contributed by atoms with Crippen molar-refractivity contribution in [1.82, 2.24) is 19.9 Å². The molecule has 0 aliphatic carbocycles. The number of nitrogens with zero attached hydrogens (tertiary/aromatic N) is 4. The first-order chi connectivity index (χ1) is 16.6. The molecule has 1 amide bonds. The molecule has 0 spiro atoms. The van der Waals surface area contributed by atoms with E-state index in [1.165, 1.54) is 0 Å². The Kier molecular flexibility index (Phi) is 6.35. The smallest absolute Gasteiger partial charge is 0.225 e. The molecule has 1 atom stereocenters. The van der Waals surface area contributed by atoms with Crippen LogP contribution in [0.25, 0.3) is 16.2 Å². The third-order valence-corrected chi connectivity index (χ3v) is 7.09.